The largest absolute Gasteiger partial charge is 0.496 e. The van der Waals surface area contributed by atoms with Gasteiger partial charge in [0.15, 0.2) is 0 Å². The van der Waals surface area contributed by atoms with Crippen LogP contribution in [0.15, 0.2) is 15.9 Å². The molecule has 1 N–H and O–H groups in total. The third-order valence-electron chi connectivity index (χ3n) is 2.45. The summed E-state index contributed by atoms with van der Waals surface area (Å²) in [6.07, 6.45) is 0. The Labute approximate surface area is 101 Å². The monoisotopic (exact) mass is 286 g/mol. The molecule has 0 bridgehead atoms. The normalized spacial score (nSPS) is 10.9. The lowest BCUT2D eigenvalue weighted by Gasteiger charge is -2.05. The Bertz CT molecular complexity index is 505. The van der Waals surface area contributed by atoms with E-state index in [2.05, 4.69) is 15.9 Å². The Balaban J connectivity index is 2.86. The van der Waals surface area contributed by atoms with Crippen LogP contribution < -0.4 is 4.74 Å². The average molecular weight is 287 g/mol. The number of benzene rings is 1. The highest BCUT2D eigenvalue weighted by Gasteiger charge is 2.13. The number of hydrogen-bond donors (Lipinski definition) is 1. The smallest absolute Gasteiger partial charge is 0.127 e. The van der Waals surface area contributed by atoms with Gasteiger partial charge in [0.1, 0.15) is 5.75 Å². The third kappa shape index (κ3) is 1.67. The maximum absolute atomic E-state index is 9.25. The Morgan fingerprint density at radius 3 is 2.80 bits per heavy atom. The molecule has 80 valence electrons. The zero-order chi connectivity index (χ0) is 11.0. The first-order chi connectivity index (χ1) is 7.19. The highest BCUT2D eigenvalue weighted by Crippen LogP contribution is 2.41. The van der Waals surface area contributed by atoms with Crippen LogP contribution in [0.3, 0.4) is 0 Å². The molecule has 15 heavy (non-hydrogen) atoms. The molecule has 2 rings (SSSR count). The first kappa shape index (κ1) is 10.9. The van der Waals surface area contributed by atoms with Gasteiger partial charge >= 0.3 is 0 Å². The second-order valence-electron chi connectivity index (χ2n) is 3.29. The zero-order valence-electron chi connectivity index (χ0n) is 8.50. The van der Waals surface area contributed by atoms with Crippen molar-refractivity contribution in [2.24, 2.45) is 0 Å². The number of hydrogen-bond acceptors (Lipinski definition) is 3. The van der Waals surface area contributed by atoms with Gasteiger partial charge in [0.2, 0.25) is 0 Å². The standard InChI is InChI=1S/C11H11BrO2S/c1-6-9-8(14-2)4-3-7(5-13)10(9)15-11(6)12/h3-4,13H,5H2,1-2H3. The molecule has 0 radical (unpaired) electrons. The van der Waals surface area contributed by atoms with E-state index in [9.17, 15) is 5.11 Å². The quantitative estimate of drug-likeness (QED) is 0.916. The van der Waals surface area contributed by atoms with E-state index in [0.717, 1.165) is 25.2 Å². The van der Waals surface area contributed by atoms with Crippen LogP contribution in [0.25, 0.3) is 10.1 Å². The van der Waals surface area contributed by atoms with Gasteiger partial charge in [0, 0.05) is 10.1 Å². The summed E-state index contributed by atoms with van der Waals surface area (Å²) < 4.78 is 7.52. The summed E-state index contributed by atoms with van der Waals surface area (Å²) >= 11 is 5.15. The number of methoxy groups -OCH3 is 1. The van der Waals surface area contributed by atoms with Gasteiger partial charge in [0.05, 0.1) is 17.5 Å². The molecule has 0 amide bonds. The van der Waals surface area contributed by atoms with Crippen molar-refractivity contribution >= 4 is 37.4 Å². The van der Waals surface area contributed by atoms with Crippen LogP contribution in [0.1, 0.15) is 11.1 Å². The topological polar surface area (TPSA) is 29.5 Å². The molecule has 0 atom stereocenters. The van der Waals surface area contributed by atoms with Crippen molar-refractivity contribution < 1.29 is 9.84 Å². The number of aliphatic hydroxyl groups excluding tert-OH is 1. The number of aliphatic hydroxyl groups is 1. The van der Waals surface area contributed by atoms with E-state index in [1.807, 2.05) is 19.1 Å². The van der Waals surface area contributed by atoms with Gasteiger partial charge in [-0.25, -0.2) is 0 Å². The maximum atomic E-state index is 9.25. The third-order valence-corrected chi connectivity index (χ3v) is 4.69. The van der Waals surface area contributed by atoms with Gasteiger partial charge in [0.25, 0.3) is 0 Å². The summed E-state index contributed by atoms with van der Waals surface area (Å²) in [4.78, 5) is 0. The maximum Gasteiger partial charge on any atom is 0.127 e. The van der Waals surface area contributed by atoms with Gasteiger partial charge in [-0.05, 0) is 40.0 Å². The number of rotatable bonds is 2. The Hall–Kier alpha value is -0.580. The molecule has 0 saturated heterocycles. The average Bonchev–Trinajstić information content (AvgIpc) is 2.55. The van der Waals surface area contributed by atoms with Crippen molar-refractivity contribution in [2.45, 2.75) is 13.5 Å². The fourth-order valence-corrected chi connectivity index (χ4v) is 3.38. The van der Waals surface area contributed by atoms with E-state index in [1.165, 1.54) is 5.56 Å². The first-order valence-electron chi connectivity index (χ1n) is 4.54. The van der Waals surface area contributed by atoms with Crippen LogP contribution in [0.4, 0.5) is 0 Å². The molecule has 1 aromatic carbocycles. The van der Waals surface area contributed by atoms with E-state index in [1.54, 1.807) is 18.4 Å². The van der Waals surface area contributed by atoms with Crippen LogP contribution in [0, 0.1) is 6.92 Å². The van der Waals surface area contributed by atoms with Crippen molar-refractivity contribution in [3.63, 3.8) is 0 Å². The summed E-state index contributed by atoms with van der Waals surface area (Å²) in [5.74, 6) is 0.863. The summed E-state index contributed by atoms with van der Waals surface area (Å²) in [6, 6.07) is 3.81. The van der Waals surface area contributed by atoms with Crippen molar-refractivity contribution in [1.82, 2.24) is 0 Å². The molecular formula is C11H11BrO2S. The van der Waals surface area contributed by atoms with Crippen molar-refractivity contribution in [2.75, 3.05) is 7.11 Å². The van der Waals surface area contributed by atoms with Gasteiger partial charge < -0.3 is 9.84 Å². The van der Waals surface area contributed by atoms with Gasteiger partial charge in [-0.15, -0.1) is 11.3 Å². The van der Waals surface area contributed by atoms with Crippen LogP contribution in [-0.2, 0) is 6.61 Å². The van der Waals surface area contributed by atoms with E-state index < -0.39 is 0 Å². The minimum Gasteiger partial charge on any atom is -0.496 e. The van der Waals surface area contributed by atoms with Gasteiger partial charge in [-0.2, -0.15) is 0 Å². The van der Waals surface area contributed by atoms with Crippen LogP contribution in [0.2, 0.25) is 0 Å². The molecule has 0 aliphatic rings. The lowest BCUT2D eigenvalue weighted by molar-refractivity contribution is 0.283. The highest BCUT2D eigenvalue weighted by molar-refractivity contribution is 9.11. The fourth-order valence-electron chi connectivity index (χ4n) is 1.64. The lowest BCUT2D eigenvalue weighted by atomic mass is 10.1. The van der Waals surface area contributed by atoms with Crippen molar-refractivity contribution in [3.8, 4) is 5.75 Å². The number of ether oxygens (including phenoxy) is 1. The molecule has 0 fully saturated rings. The highest BCUT2D eigenvalue weighted by atomic mass is 79.9. The minimum atomic E-state index is 0.0624. The number of thiophene rings is 1. The molecule has 4 heteroatoms. The summed E-state index contributed by atoms with van der Waals surface area (Å²) in [5, 5.41) is 10.3. The molecule has 0 aliphatic heterocycles. The summed E-state index contributed by atoms with van der Waals surface area (Å²) in [7, 11) is 1.67. The molecule has 2 nitrogen and oxygen atoms in total. The molecule has 0 aliphatic carbocycles. The molecular weight excluding hydrogens is 276 g/mol. The SMILES string of the molecule is COc1ccc(CO)c2sc(Br)c(C)c12. The Kier molecular flexibility index (Phi) is 3.00. The van der Waals surface area contributed by atoms with E-state index in [0.29, 0.717) is 0 Å². The zero-order valence-corrected chi connectivity index (χ0v) is 10.9. The molecule has 1 aromatic heterocycles. The lowest BCUT2D eigenvalue weighted by Crippen LogP contribution is -1.88. The number of aryl methyl sites for hydroxylation is 1. The predicted molar refractivity (Wildman–Crippen MR) is 66.7 cm³/mol. The molecule has 0 spiro atoms. The Morgan fingerprint density at radius 1 is 1.47 bits per heavy atom. The first-order valence-corrected chi connectivity index (χ1v) is 6.15. The van der Waals surface area contributed by atoms with E-state index in [4.69, 9.17) is 4.74 Å². The Morgan fingerprint density at radius 2 is 2.20 bits per heavy atom. The van der Waals surface area contributed by atoms with Crippen molar-refractivity contribution in [1.29, 1.82) is 0 Å². The second-order valence-corrected chi connectivity index (χ2v) is 5.63. The minimum absolute atomic E-state index is 0.0624. The number of fused-ring (bicyclic) bond motifs is 1. The van der Waals surface area contributed by atoms with Crippen molar-refractivity contribution in [3.05, 3.63) is 27.0 Å². The predicted octanol–water partition coefficient (Wildman–Crippen LogP) is 3.47. The van der Waals surface area contributed by atoms with Crippen LogP contribution >= 0.6 is 27.3 Å². The molecule has 2 aromatic rings. The van der Waals surface area contributed by atoms with Gasteiger partial charge in [-0.1, -0.05) is 6.07 Å². The summed E-state index contributed by atoms with van der Waals surface area (Å²) in [5.41, 5.74) is 2.12. The van der Waals surface area contributed by atoms with Gasteiger partial charge in [-0.3, -0.25) is 0 Å². The van der Waals surface area contributed by atoms with E-state index in [-0.39, 0.29) is 6.61 Å². The fraction of sp³-hybridized carbons (Fsp3) is 0.273. The van der Waals surface area contributed by atoms with Crippen LogP contribution in [-0.4, -0.2) is 12.2 Å². The number of halogens is 1. The van der Waals surface area contributed by atoms with E-state index >= 15 is 0 Å². The summed E-state index contributed by atoms with van der Waals surface area (Å²) in [6.45, 7) is 2.11. The molecule has 0 saturated carbocycles. The molecule has 0 unspecified atom stereocenters. The second kappa shape index (κ2) is 4.12. The molecule has 1 heterocycles. The van der Waals surface area contributed by atoms with Crippen LogP contribution in [0.5, 0.6) is 5.75 Å².